The molecule has 3 heteroatoms. The van der Waals surface area contributed by atoms with Gasteiger partial charge in [-0.05, 0) is 6.92 Å². The second-order valence-electron chi connectivity index (χ2n) is 2.05. The molecule has 60 valence electrons. The molecule has 0 spiro atoms. The maximum absolute atomic E-state index is 10.6. The van der Waals surface area contributed by atoms with Crippen molar-refractivity contribution in [1.29, 1.82) is 0 Å². The number of aliphatic imine (C=N–C) groups is 2. The van der Waals surface area contributed by atoms with Crippen LogP contribution in [0.1, 0.15) is 13.3 Å². The summed E-state index contributed by atoms with van der Waals surface area (Å²) >= 11 is 0. The standard InChI is InChI=1S/C8H12N2O/c1-4-10-6-8(9-3)5-7(2)11/h4,6H,1,5H2,2-3H3. The zero-order chi connectivity index (χ0) is 8.69. The molecule has 0 aromatic heterocycles. The van der Waals surface area contributed by atoms with Crippen LogP contribution in [0.3, 0.4) is 0 Å². The average molecular weight is 152 g/mol. The van der Waals surface area contributed by atoms with Crippen LogP contribution < -0.4 is 0 Å². The van der Waals surface area contributed by atoms with Crippen molar-refractivity contribution in [2.75, 3.05) is 7.05 Å². The maximum atomic E-state index is 10.6. The Kier molecular flexibility index (Phi) is 4.90. The Hall–Kier alpha value is -1.25. The Bertz CT molecular complexity index is 204. The van der Waals surface area contributed by atoms with Crippen LogP contribution in [-0.2, 0) is 4.79 Å². The molecule has 0 bridgehead atoms. The van der Waals surface area contributed by atoms with Crippen molar-refractivity contribution in [3.8, 4) is 0 Å². The maximum Gasteiger partial charge on any atom is 0.135 e. The van der Waals surface area contributed by atoms with E-state index in [1.165, 1.54) is 19.3 Å². The third kappa shape index (κ3) is 5.21. The van der Waals surface area contributed by atoms with Gasteiger partial charge in [-0.1, -0.05) is 6.58 Å². The number of Topliss-reactive ketones (excluding diaryl/α,β-unsaturated/α-hetero) is 1. The summed E-state index contributed by atoms with van der Waals surface area (Å²) in [6, 6.07) is 0. The molecule has 0 aromatic carbocycles. The van der Waals surface area contributed by atoms with Gasteiger partial charge in [0, 0.05) is 25.9 Å². The molecule has 0 saturated carbocycles. The molecule has 0 aliphatic rings. The first-order chi connectivity index (χ1) is 5.20. The van der Waals surface area contributed by atoms with E-state index in [-0.39, 0.29) is 5.78 Å². The van der Waals surface area contributed by atoms with Crippen molar-refractivity contribution in [3.63, 3.8) is 0 Å². The van der Waals surface area contributed by atoms with E-state index in [2.05, 4.69) is 16.6 Å². The van der Waals surface area contributed by atoms with E-state index < -0.39 is 0 Å². The minimum absolute atomic E-state index is 0.0844. The topological polar surface area (TPSA) is 41.8 Å². The molecular formula is C8H12N2O. The van der Waals surface area contributed by atoms with Gasteiger partial charge in [0.2, 0.25) is 0 Å². The van der Waals surface area contributed by atoms with Crippen molar-refractivity contribution >= 4 is 17.7 Å². The Morgan fingerprint density at radius 1 is 1.64 bits per heavy atom. The fraction of sp³-hybridized carbons (Fsp3) is 0.375. The lowest BCUT2D eigenvalue weighted by atomic mass is 10.2. The summed E-state index contributed by atoms with van der Waals surface area (Å²) in [6.45, 7) is 4.93. The van der Waals surface area contributed by atoms with E-state index >= 15 is 0 Å². The number of ketones is 1. The zero-order valence-electron chi connectivity index (χ0n) is 6.87. The molecule has 0 radical (unpaired) electrons. The van der Waals surface area contributed by atoms with E-state index in [0.717, 1.165) is 0 Å². The van der Waals surface area contributed by atoms with E-state index in [9.17, 15) is 4.79 Å². The quantitative estimate of drug-likeness (QED) is 0.559. The molecular weight excluding hydrogens is 140 g/mol. The van der Waals surface area contributed by atoms with Gasteiger partial charge < -0.3 is 0 Å². The van der Waals surface area contributed by atoms with Crippen LogP contribution >= 0.6 is 0 Å². The molecule has 0 aromatic rings. The third-order valence-corrected chi connectivity index (χ3v) is 1.05. The molecule has 0 aliphatic heterocycles. The molecule has 3 nitrogen and oxygen atoms in total. The lowest BCUT2D eigenvalue weighted by molar-refractivity contribution is -0.115. The summed E-state index contributed by atoms with van der Waals surface area (Å²) in [4.78, 5) is 18.2. The first kappa shape index (κ1) is 9.75. The first-order valence-corrected chi connectivity index (χ1v) is 3.30. The van der Waals surface area contributed by atoms with Gasteiger partial charge in [-0.25, -0.2) is 0 Å². The van der Waals surface area contributed by atoms with Gasteiger partial charge in [-0.3, -0.25) is 14.8 Å². The number of hydrogen-bond acceptors (Lipinski definition) is 3. The van der Waals surface area contributed by atoms with Crippen LogP contribution in [0.15, 0.2) is 22.8 Å². The summed E-state index contributed by atoms with van der Waals surface area (Å²) in [7, 11) is 1.63. The van der Waals surface area contributed by atoms with Gasteiger partial charge >= 0.3 is 0 Å². The first-order valence-electron chi connectivity index (χ1n) is 3.30. The highest BCUT2D eigenvalue weighted by molar-refractivity contribution is 6.34. The van der Waals surface area contributed by atoms with E-state index in [1.54, 1.807) is 7.05 Å². The summed E-state index contributed by atoms with van der Waals surface area (Å²) in [5, 5.41) is 0. The normalized spacial score (nSPS) is 12.0. The molecule has 0 heterocycles. The predicted molar refractivity (Wildman–Crippen MR) is 47.3 cm³/mol. The Balaban J connectivity index is 4.08. The molecule has 11 heavy (non-hydrogen) atoms. The van der Waals surface area contributed by atoms with Crippen LogP contribution in [0.4, 0.5) is 0 Å². The van der Waals surface area contributed by atoms with Crippen molar-refractivity contribution in [2.24, 2.45) is 9.98 Å². The second-order valence-corrected chi connectivity index (χ2v) is 2.05. The summed E-state index contributed by atoms with van der Waals surface area (Å²) < 4.78 is 0. The van der Waals surface area contributed by atoms with Gasteiger partial charge in [-0.2, -0.15) is 0 Å². The van der Waals surface area contributed by atoms with Crippen LogP contribution in [0.5, 0.6) is 0 Å². The van der Waals surface area contributed by atoms with Crippen molar-refractivity contribution in [3.05, 3.63) is 12.8 Å². The molecule has 0 atom stereocenters. The summed E-state index contributed by atoms with van der Waals surface area (Å²) in [5.41, 5.74) is 0.678. The Morgan fingerprint density at radius 3 is 2.64 bits per heavy atom. The zero-order valence-corrected chi connectivity index (χ0v) is 6.87. The number of nitrogens with zero attached hydrogens (tertiary/aromatic N) is 2. The van der Waals surface area contributed by atoms with Crippen LogP contribution in [-0.4, -0.2) is 24.8 Å². The van der Waals surface area contributed by atoms with Crippen molar-refractivity contribution in [2.45, 2.75) is 13.3 Å². The van der Waals surface area contributed by atoms with E-state index in [0.29, 0.717) is 12.1 Å². The fourth-order valence-corrected chi connectivity index (χ4v) is 0.576. The average Bonchev–Trinajstić information content (AvgIpc) is 1.97. The molecule has 0 saturated heterocycles. The van der Waals surface area contributed by atoms with Gasteiger partial charge in [0.1, 0.15) is 5.78 Å². The monoisotopic (exact) mass is 152 g/mol. The largest absolute Gasteiger partial charge is 0.300 e. The number of rotatable bonds is 4. The predicted octanol–water partition coefficient (Wildman–Crippen LogP) is 1.25. The van der Waals surface area contributed by atoms with Gasteiger partial charge in [0.25, 0.3) is 0 Å². The minimum atomic E-state index is 0.0844. The molecule has 0 aliphatic carbocycles. The molecule has 0 rings (SSSR count). The van der Waals surface area contributed by atoms with Gasteiger partial charge in [-0.15, -0.1) is 0 Å². The van der Waals surface area contributed by atoms with Gasteiger partial charge in [0.15, 0.2) is 0 Å². The fourth-order valence-electron chi connectivity index (χ4n) is 0.576. The molecule has 0 fully saturated rings. The highest BCUT2D eigenvalue weighted by Gasteiger charge is 1.97. The second kappa shape index (κ2) is 5.53. The van der Waals surface area contributed by atoms with Crippen LogP contribution in [0, 0.1) is 0 Å². The van der Waals surface area contributed by atoms with E-state index in [1.807, 2.05) is 0 Å². The third-order valence-electron chi connectivity index (χ3n) is 1.05. The number of hydrogen-bond donors (Lipinski definition) is 0. The number of carbonyl (C=O) groups excluding carboxylic acids is 1. The lowest BCUT2D eigenvalue weighted by Gasteiger charge is -1.92. The smallest absolute Gasteiger partial charge is 0.135 e. The Morgan fingerprint density at radius 2 is 2.27 bits per heavy atom. The lowest BCUT2D eigenvalue weighted by Crippen LogP contribution is -2.05. The highest BCUT2D eigenvalue weighted by Crippen LogP contribution is 1.85. The SMILES string of the molecule is C=CN=CC(CC(C)=O)=NC. The van der Waals surface area contributed by atoms with Crippen molar-refractivity contribution in [1.82, 2.24) is 0 Å². The molecule has 0 unspecified atom stereocenters. The minimum Gasteiger partial charge on any atom is -0.300 e. The highest BCUT2D eigenvalue weighted by atomic mass is 16.1. The van der Waals surface area contributed by atoms with E-state index in [4.69, 9.17) is 0 Å². The summed E-state index contributed by atoms with van der Waals surface area (Å²) in [6.07, 6.45) is 3.29. The van der Waals surface area contributed by atoms with Gasteiger partial charge in [0.05, 0.1) is 5.71 Å². The molecule has 0 N–H and O–H groups in total. The summed E-state index contributed by atoms with van der Waals surface area (Å²) in [5.74, 6) is 0.0844. The van der Waals surface area contributed by atoms with Crippen LogP contribution in [0.2, 0.25) is 0 Å². The number of carbonyl (C=O) groups is 1. The van der Waals surface area contributed by atoms with Crippen molar-refractivity contribution < 1.29 is 4.79 Å². The Labute approximate surface area is 66.6 Å². The molecule has 0 amide bonds. The van der Waals surface area contributed by atoms with Crippen LogP contribution in [0.25, 0.3) is 0 Å².